The van der Waals surface area contributed by atoms with Gasteiger partial charge in [-0.2, -0.15) is 10.2 Å². The Bertz CT molecular complexity index is 837. The zero-order valence-corrected chi connectivity index (χ0v) is 13.7. The molecule has 0 atom stereocenters. The van der Waals surface area contributed by atoms with Crippen molar-refractivity contribution in [2.75, 3.05) is 11.5 Å². The maximum Gasteiger partial charge on any atom is 0.270 e. The van der Waals surface area contributed by atoms with Gasteiger partial charge >= 0.3 is 0 Å². The van der Waals surface area contributed by atoms with Crippen LogP contribution >= 0.6 is 11.8 Å². The molecule has 0 unspecified atom stereocenters. The van der Waals surface area contributed by atoms with Gasteiger partial charge < -0.3 is 0 Å². The number of thioether (sulfide) groups is 1. The van der Waals surface area contributed by atoms with E-state index in [1.165, 1.54) is 24.3 Å². The van der Waals surface area contributed by atoms with Gasteiger partial charge in [0, 0.05) is 46.9 Å². The Hall–Kier alpha value is -3.07. The lowest BCUT2D eigenvalue weighted by Gasteiger charge is -2.03. The van der Waals surface area contributed by atoms with Crippen LogP contribution in [0.3, 0.4) is 0 Å². The van der Waals surface area contributed by atoms with Crippen LogP contribution in [0, 0.1) is 20.2 Å². The summed E-state index contributed by atoms with van der Waals surface area (Å²) >= 11 is 1.55. The highest BCUT2D eigenvalue weighted by molar-refractivity contribution is 8.00. The standard InChI is InChI=1S/C16H12N4O4S/c21-19(22)13-5-1-3-11(7-13)15-9-25-10-16(18-17-15)12-4-2-6-14(8-12)20(23)24/h1-8H,9-10H2. The summed E-state index contributed by atoms with van der Waals surface area (Å²) in [6.07, 6.45) is 0. The molecule has 9 heteroatoms. The van der Waals surface area contributed by atoms with Gasteiger partial charge in [0.25, 0.3) is 11.4 Å². The molecule has 2 aromatic rings. The first-order chi connectivity index (χ1) is 12.0. The van der Waals surface area contributed by atoms with Crippen LogP contribution < -0.4 is 0 Å². The van der Waals surface area contributed by atoms with Gasteiger partial charge in [0.2, 0.25) is 0 Å². The summed E-state index contributed by atoms with van der Waals surface area (Å²) in [4.78, 5) is 20.9. The van der Waals surface area contributed by atoms with E-state index in [2.05, 4.69) is 10.2 Å². The fraction of sp³-hybridized carbons (Fsp3) is 0.125. The van der Waals surface area contributed by atoms with E-state index in [1.807, 2.05) is 0 Å². The van der Waals surface area contributed by atoms with E-state index >= 15 is 0 Å². The molecule has 0 aromatic heterocycles. The number of non-ortho nitro benzene ring substituents is 2. The molecule has 8 nitrogen and oxygen atoms in total. The van der Waals surface area contributed by atoms with Gasteiger partial charge in [-0.15, -0.1) is 11.8 Å². The summed E-state index contributed by atoms with van der Waals surface area (Å²) in [5, 5.41) is 30.2. The second-order valence-electron chi connectivity index (χ2n) is 5.20. The minimum absolute atomic E-state index is 0.00247. The normalized spacial score (nSPS) is 14.2. The van der Waals surface area contributed by atoms with Crippen LogP contribution in [0.25, 0.3) is 0 Å². The lowest BCUT2D eigenvalue weighted by Crippen LogP contribution is -2.05. The zero-order valence-electron chi connectivity index (χ0n) is 12.9. The van der Waals surface area contributed by atoms with Gasteiger partial charge in [-0.1, -0.05) is 24.3 Å². The molecule has 1 aliphatic rings. The molecule has 0 fully saturated rings. The summed E-state index contributed by atoms with van der Waals surface area (Å²) in [5.74, 6) is 1.09. The number of nitro benzene ring substituents is 2. The number of benzene rings is 2. The first kappa shape index (κ1) is 16.8. The molecule has 0 aliphatic carbocycles. The Morgan fingerprint density at radius 2 is 1.24 bits per heavy atom. The molecule has 3 rings (SSSR count). The molecule has 1 aliphatic heterocycles. The van der Waals surface area contributed by atoms with Crippen molar-refractivity contribution in [3.05, 3.63) is 79.9 Å². The van der Waals surface area contributed by atoms with Crippen molar-refractivity contribution in [3.63, 3.8) is 0 Å². The van der Waals surface area contributed by atoms with E-state index in [-0.39, 0.29) is 11.4 Å². The van der Waals surface area contributed by atoms with Gasteiger partial charge in [-0.25, -0.2) is 0 Å². The average molecular weight is 356 g/mol. The highest BCUT2D eigenvalue weighted by Gasteiger charge is 2.16. The van der Waals surface area contributed by atoms with Crippen LogP contribution in [-0.2, 0) is 0 Å². The minimum atomic E-state index is -0.453. The van der Waals surface area contributed by atoms with Crippen LogP contribution in [0.4, 0.5) is 11.4 Å². The molecule has 0 saturated heterocycles. The molecule has 126 valence electrons. The predicted molar refractivity (Wildman–Crippen MR) is 96.6 cm³/mol. The summed E-state index contributed by atoms with van der Waals surface area (Å²) in [5.41, 5.74) is 2.55. The van der Waals surface area contributed by atoms with E-state index < -0.39 is 9.85 Å². The topological polar surface area (TPSA) is 111 Å². The molecular formula is C16H12N4O4S. The van der Waals surface area contributed by atoms with Crippen molar-refractivity contribution in [1.82, 2.24) is 0 Å². The Kier molecular flexibility index (Phi) is 4.85. The molecule has 1 heterocycles. The van der Waals surface area contributed by atoms with E-state index in [9.17, 15) is 20.2 Å². The van der Waals surface area contributed by atoms with E-state index in [1.54, 1.807) is 36.0 Å². The zero-order chi connectivity index (χ0) is 17.8. The van der Waals surface area contributed by atoms with Crippen molar-refractivity contribution in [3.8, 4) is 0 Å². The van der Waals surface area contributed by atoms with Gasteiger partial charge in [0.15, 0.2) is 0 Å². The SMILES string of the molecule is O=[N+]([O-])c1cccc(C2=NN=C(c3cccc([N+](=O)[O-])c3)CSC2)c1. The third-order valence-corrected chi connectivity index (χ3v) is 4.50. The van der Waals surface area contributed by atoms with Crippen LogP contribution in [0.1, 0.15) is 11.1 Å². The second-order valence-corrected chi connectivity index (χ2v) is 6.19. The average Bonchev–Trinajstić information content (AvgIpc) is 2.88. The molecule has 0 amide bonds. The summed E-state index contributed by atoms with van der Waals surface area (Å²) < 4.78 is 0. The lowest BCUT2D eigenvalue weighted by atomic mass is 10.1. The molecule has 0 saturated carbocycles. The van der Waals surface area contributed by atoms with Crippen molar-refractivity contribution in [2.24, 2.45) is 10.2 Å². The van der Waals surface area contributed by atoms with Gasteiger partial charge in [-0.05, 0) is 0 Å². The van der Waals surface area contributed by atoms with Gasteiger partial charge in [0.1, 0.15) is 0 Å². The Morgan fingerprint density at radius 3 is 1.64 bits per heavy atom. The lowest BCUT2D eigenvalue weighted by molar-refractivity contribution is -0.385. The number of nitro groups is 2. The first-order valence-corrected chi connectivity index (χ1v) is 8.41. The summed E-state index contributed by atoms with van der Waals surface area (Å²) in [6.45, 7) is 0. The van der Waals surface area contributed by atoms with E-state index in [0.29, 0.717) is 34.1 Å². The quantitative estimate of drug-likeness (QED) is 0.615. The predicted octanol–water partition coefficient (Wildman–Crippen LogP) is 3.44. The Balaban J connectivity index is 1.93. The molecule has 0 N–H and O–H groups in total. The third-order valence-electron chi connectivity index (χ3n) is 3.55. The van der Waals surface area contributed by atoms with Gasteiger partial charge in [0.05, 0.1) is 21.3 Å². The summed E-state index contributed by atoms with van der Waals surface area (Å²) in [7, 11) is 0. The maximum atomic E-state index is 10.9. The van der Waals surface area contributed by atoms with Crippen LogP contribution in [-0.4, -0.2) is 32.8 Å². The number of rotatable bonds is 4. The smallest absolute Gasteiger partial charge is 0.258 e. The Morgan fingerprint density at radius 1 is 0.800 bits per heavy atom. The van der Waals surface area contributed by atoms with Crippen molar-refractivity contribution in [1.29, 1.82) is 0 Å². The van der Waals surface area contributed by atoms with Crippen molar-refractivity contribution in [2.45, 2.75) is 0 Å². The number of hydrogen-bond acceptors (Lipinski definition) is 7. The number of nitrogens with zero attached hydrogens (tertiary/aromatic N) is 4. The first-order valence-electron chi connectivity index (χ1n) is 7.25. The van der Waals surface area contributed by atoms with E-state index in [0.717, 1.165) is 0 Å². The summed E-state index contributed by atoms with van der Waals surface area (Å²) in [6, 6.07) is 12.5. The van der Waals surface area contributed by atoms with Crippen molar-refractivity contribution >= 4 is 34.6 Å². The fourth-order valence-electron chi connectivity index (χ4n) is 2.30. The van der Waals surface area contributed by atoms with Crippen LogP contribution in [0.15, 0.2) is 58.7 Å². The molecule has 25 heavy (non-hydrogen) atoms. The van der Waals surface area contributed by atoms with Crippen LogP contribution in [0.2, 0.25) is 0 Å². The monoisotopic (exact) mass is 356 g/mol. The van der Waals surface area contributed by atoms with Crippen molar-refractivity contribution < 1.29 is 9.85 Å². The minimum Gasteiger partial charge on any atom is -0.258 e. The molecule has 2 aromatic carbocycles. The molecule has 0 radical (unpaired) electrons. The number of hydrogen-bond donors (Lipinski definition) is 0. The van der Waals surface area contributed by atoms with E-state index in [4.69, 9.17) is 0 Å². The highest BCUT2D eigenvalue weighted by atomic mass is 32.2. The van der Waals surface area contributed by atoms with Gasteiger partial charge in [-0.3, -0.25) is 20.2 Å². The Labute approximate surface area is 146 Å². The molecule has 0 spiro atoms. The molecule has 0 bridgehead atoms. The third kappa shape index (κ3) is 3.89. The fourth-order valence-corrected chi connectivity index (χ4v) is 3.24. The van der Waals surface area contributed by atoms with Crippen LogP contribution in [0.5, 0.6) is 0 Å². The largest absolute Gasteiger partial charge is 0.270 e. The highest BCUT2D eigenvalue weighted by Crippen LogP contribution is 2.21. The maximum absolute atomic E-state index is 10.9. The second kappa shape index (κ2) is 7.22. The molecular weight excluding hydrogens is 344 g/mol.